The number of nitrogens with zero attached hydrogens (tertiary/aromatic N) is 2. The molecule has 1 aliphatic rings. The minimum absolute atomic E-state index is 0.0855. The Hall–Kier alpha value is -4.84. The summed E-state index contributed by atoms with van der Waals surface area (Å²) in [5.74, 6) is -1.22. The molecule has 0 radical (unpaired) electrons. The molecule has 42 heavy (non-hydrogen) atoms. The second kappa shape index (κ2) is 13.7. The summed E-state index contributed by atoms with van der Waals surface area (Å²) in [4.78, 5) is 56.0. The van der Waals surface area contributed by atoms with Crippen LogP contribution in [0.25, 0.3) is 0 Å². The number of carbonyl (C=O) groups is 4. The number of thioether (sulfide) groups is 1. The van der Waals surface area contributed by atoms with Crippen molar-refractivity contribution < 1.29 is 38.5 Å². The Balaban J connectivity index is 1.61. The van der Waals surface area contributed by atoms with E-state index in [0.717, 1.165) is 17.3 Å². The van der Waals surface area contributed by atoms with Crippen molar-refractivity contribution in [1.29, 1.82) is 0 Å². The molecule has 4 rings (SSSR count). The summed E-state index contributed by atoms with van der Waals surface area (Å²) in [6.45, 7) is 2.14. The van der Waals surface area contributed by atoms with Crippen molar-refractivity contribution in [2.75, 3.05) is 26.1 Å². The van der Waals surface area contributed by atoms with Gasteiger partial charge in [-0.25, -0.2) is 14.6 Å². The smallest absolute Gasteiger partial charge is 0.338 e. The van der Waals surface area contributed by atoms with Gasteiger partial charge in [-0.15, -0.1) is 0 Å². The summed E-state index contributed by atoms with van der Waals surface area (Å²) in [7, 11) is 3.06. The molecule has 1 atom stereocenters. The standard InChI is InChI=1S/C30H29N3O8S/c1-4-41-29(38)20-8-12-22(13-9-20)32-30-33(17-18-5-14-23(39-2)24(15-18)40-3)26(34)16-25(42-30)27(35)31-21-10-6-19(7-11-21)28(36)37/h5-15,25H,4,16-17H2,1-3H3,(H,31,35)(H,36,37)/t25-/m1/s1. The van der Waals surface area contributed by atoms with E-state index < -0.39 is 23.1 Å². The van der Waals surface area contributed by atoms with Gasteiger partial charge in [-0.3, -0.25) is 14.5 Å². The van der Waals surface area contributed by atoms with Crippen molar-refractivity contribution >= 4 is 52.1 Å². The first kappa shape index (κ1) is 30.1. The minimum Gasteiger partial charge on any atom is -0.493 e. The molecule has 0 aliphatic carbocycles. The van der Waals surface area contributed by atoms with Crippen LogP contribution in [0, 0.1) is 0 Å². The highest BCUT2D eigenvalue weighted by Gasteiger charge is 2.36. The highest BCUT2D eigenvalue weighted by atomic mass is 32.2. The quantitative estimate of drug-likeness (QED) is 0.320. The maximum Gasteiger partial charge on any atom is 0.338 e. The number of esters is 1. The summed E-state index contributed by atoms with van der Waals surface area (Å²) < 4.78 is 15.7. The van der Waals surface area contributed by atoms with Crippen LogP contribution in [-0.4, -0.2) is 65.0 Å². The molecule has 0 aromatic heterocycles. The number of amides is 2. The molecule has 2 N–H and O–H groups in total. The summed E-state index contributed by atoms with van der Waals surface area (Å²) >= 11 is 1.13. The SMILES string of the molecule is CCOC(=O)c1ccc(N=C2S[C@@H](C(=O)Nc3ccc(C(=O)O)cc3)CC(=O)N2Cc2ccc(OC)c(OC)c2)cc1. The maximum absolute atomic E-state index is 13.4. The molecule has 1 heterocycles. The predicted molar refractivity (Wildman–Crippen MR) is 158 cm³/mol. The lowest BCUT2D eigenvalue weighted by Gasteiger charge is -2.32. The van der Waals surface area contributed by atoms with Gasteiger partial charge < -0.3 is 24.6 Å². The van der Waals surface area contributed by atoms with E-state index in [-0.39, 0.29) is 31.0 Å². The molecule has 1 fully saturated rings. The maximum atomic E-state index is 13.4. The van der Waals surface area contributed by atoms with Gasteiger partial charge in [0.05, 0.1) is 44.2 Å². The van der Waals surface area contributed by atoms with Gasteiger partial charge >= 0.3 is 11.9 Å². The molecule has 12 heteroatoms. The lowest BCUT2D eigenvalue weighted by molar-refractivity contribution is -0.129. The van der Waals surface area contributed by atoms with Crippen LogP contribution < -0.4 is 14.8 Å². The Kier molecular flexibility index (Phi) is 9.81. The number of hydrogen-bond donors (Lipinski definition) is 2. The zero-order valence-corrected chi connectivity index (χ0v) is 24.0. The van der Waals surface area contributed by atoms with E-state index in [9.17, 15) is 19.2 Å². The number of hydrogen-bond acceptors (Lipinski definition) is 9. The first-order chi connectivity index (χ1) is 20.2. The third-order valence-electron chi connectivity index (χ3n) is 6.22. The van der Waals surface area contributed by atoms with Crippen LogP contribution in [0.3, 0.4) is 0 Å². The van der Waals surface area contributed by atoms with E-state index in [2.05, 4.69) is 10.3 Å². The average Bonchev–Trinajstić information content (AvgIpc) is 2.99. The number of rotatable bonds is 10. The fourth-order valence-corrected chi connectivity index (χ4v) is 5.17. The number of benzene rings is 3. The Morgan fingerprint density at radius 1 is 0.976 bits per heavy atom. The predicted octanol–water partition coefficient (Wildman–Crippen LogP) is 4.74. The number of ether oxygens (including phenoxy) is 3. The number of amidine groups is 1. The molecule has 11 nitrogen and oxygen atoms in total. The molecule has 0 unspecified atom stereocenters. The molecular weight excluding hydrogens is 562 g/mol. The Bertz CT molecular complexity index is 1510. The van der Waals surface area contributed by atoms with Gasteiger partial charge in [-0.1, -0.05) is 17.8 Å². The lowest BCUT2D eigenvalue weighted by atomic mass is 10.1. The topological polar surface area (TPSA) is 144 Å². The Morgan fingerprint density at radius 3 is 2.26 bits per heavy atom. The van der Waals surface area contributed by atoms with Crippen LogP contribution in [0.4, 0.5) is 11.4 Å². The number of carboxylic acids is 1. The second-order valence-corrected chi connectivity index (χ2v) is 10.2. The number of methoxy groups -OCH3 is 2. The molecule has 1 saturated heterocycles. The van der Waals surface area contributed by atoms with Crippen LogP contribution in [0.2, 0.25) is 0 Å². The molecule has 0 saturated carbocycles. The normalized spacial score (nSPS) is 15.7. The van der Waals surface area contributed by atoms with Crippen molar-refractivity contribution in [2.24, 2.45) is 4.99 Å². The number of aliphatic imine (C=N–C) groups is 1. The van der Waals surface area contributed by atoms with Gasteiger partial charge in [0.25, 0.3) is 0 Å². The number of carbonyl (C=O) groups excluding carboxylic acids is 3. The molecule has 1 aliphatic heterocycles. The van der Waals surface area contributed by atoms with E-state index in [0.29, 0.717) is 33.6 Å². The first-order valence-corrected chi connectivity index (χ1v) is 13.8. The van der Waals surface area contributed by atoms with Crippen molar-refractivity contribution in [3.8, 4) is 11.5 Å². The third kappa shape index (κ3) is 7.26. The van der Waals surface area contributed by atoms with Crippen LogP contribution in [0.1, 0.15) is 39.6 Å². The number of anilines is 1. The molecule has 2 amide bonds. The van der Waals surface area contributed by atoms with Gasteiger partial charge in [0, 0.05) is 12.1 Å². The lowest BCUT2D eigenvalue weighted by Crippen LogP contribution is -2.44. The van der Waals surface area contributed by atoms with E-state index in [1.807, 2.05) is 6.07 Å². The minimum atomic E-state index is -1.08. The summed E-state index contributed by atoms with van der Waals surface area (Å²) in [6, 6.07) is 17.5. The third-order valence-corrected chi connectivity index (χ3v) is 7.41. The van der Waals surface area contributed by atoms with Crippen molar-refractivity contribution in [3.63, 3.8) is 0 Å². The second-order valence-electron chi connectivity index (χ2n) is 9.01. The monoisotopic (exact) mass is 591 g/mol. The van der Waals surface area contributed by atoms with Crippen molar-refractivity contribution in [2.45, 2.75) is 25.1 Å². The van der Waals surface area contributed by atoms with Crippen LogP contribution >= 0.6 is 11.8 Å². The summed E-state index contributed by atoms with van der Waals surface area (Å²) in [6.07, 6.45) is -0.0855. The average molecular weight is 592 g/mol. The highest BCUT2D eigenvalue weighted by molar-refractivity contribution is 8.15. The molecule has 218 valence electrons. The van der Waals surface area contributed by atoms with E-state index >= 15 is 0 Å². The van der Waals surface area contributed by atoms with Crippen LogP contribution in [0.15, 0.2) is 71.7 Å². The van der Waals surface area contributed by atoms with Crippen molar-refractivity contribution in [1.82, 2.24) is 4.90 Å². The van der Waals surface area contributed by atoms with E-state index in [4.69, 9.17) is 19.3 Å². The fraction of sp³-hybridized carbons (Fsp3) is 0.233. The fourth-order valence-electron chi connectivity index (χ4n) is 4.07. The van der Waals surface area contributed by atoms with Crippen LogP contribution in [0.5, 0.6) is 11.5 Å². The van der Waals surface area contributed by atoms with E-state index in [1.165, 1.54) is 43.4 Å². The van der Waals surface area contributed by atoms with Gasteiger partial charge in [-0.2, -0.15) is 0 Å². The number of aromatic carboxylic acids is 1. The van der Waals surface area contributed by atoms with Crippen LogP contribution in [-0.2, 0) is 20.9 Å². The zero-order chi connectivity index (χ0) is 30.2. The van der Waals surface area contributed by atoms with Gasteiger partial charge in [0.15, 0.2) is 16.7 Å². The first-order valence-electron chi connectivity index (χ1n) is 12.9. The zero-order valence-electron chi connectivity index (χ0n) is 23.2. The molecular formula is C30H29N3O8S. The summed E-state index contributed by atoms with van der Waals surface area (Å²) in [5.41, 5.74) is 2.08. The summed E-state index contributed by atoms with van der Waals surface area (Å²) in [5, 5.41) is 11.4. The molecule has 0 bridgehead atoms. The number of nitrogens with one attached hydrogen (secondary N) is 1. The highest BCUT2D eigenvalue weighted by Crippen LogP contribution is 2.33. The number of carboxylic acid groups (broad SMARTS) is 1. The molecule has 3 aromatic rings. The van der Waals surface area contributed by atoms with Gasteiger partial charge in [0.2, 0.25) is 11.8 Å². The molecule has 3 aromatic carbocycles. The Labute approximate surface area is 246 Å². The van der Waals surface area contributed by atoms with Gasteiger partial charge in [-0.05, 0) is 73.2 Å². The molecule has 0 spiro atoms. The van der Waals surface area contributed by atoms with E-state index in [1.54, 1.807) is 43.3 Å². The van der Waals surface area contributed by atoms with Gasteiger partial charge in [0.1, 0.15) is 5.25 Å². The Morgan fingerprint density at radius 2 is 1.64 bits per heavy atom. The van der Waals surface area contributed by atoms with Crippen molar-refractivity contribution in [3.05, 3.63) is 83.4 Å². The largest absolute Gasteiger partial charge is 0.493 e.